The van der Waals surface area contributed by atoms with Gasteiger partial charge in [0.15, 0.2) is 5.82 Å². The van der Waals surface area contributed by atoms with Crippen molar-refractivity contribution in [2.75, 3.05) is 0 Å². The molecule has 0 aliphatic carbocycles. The highest BCUT2D eigenvalue weighted by molar-refractivity contribution is 9.10. The van der Waals surface area contributed by atoms with Crippen LogP contribution in [0.5, 0.6) is 0 Å². The van der Waals surface area contributed by atoms with Crippen LogP contribution < -0.4 is 5.32 Å². The minimum Gasteiger partial charge on any atom is -0.338 e. The molecular formula is C14H13BrN4O. The maximum absolute atomic E-state index is 5.06. The fourth-order valence-electron chi connectivity index (χ4n) is 2.05. The third-order valence-corrected chi connectivity index (χ3v) is 3.65. The van der Waals surface area contributed by atoms with E-state index >= 15 is 0 Å². The number of nitrogens with one attached hydrogen (secondary N) is 1. The standard InChI is InChI=1S/C14H13BrN4O/c1-9-18-13(20-19-9)8-16-7-10-4-5-12(15)11-3-2-6-17-14(10)11/h2-6,16H,7-8H2,1H3. The van der Waals surface area contributed by atoms with Crippen LogP contribution in [0.3, 0.4) is 0 Å². The van der Waals surface area contributed by atoms with Crippen LogP contribution in [0.1, 0.15) is 17.3 Å². The van der Waals surface area contributed by atoms with E-state index in [1.165, 1.54) is 0 Å². The largest absolute Gasteiger partial charge is 0.338 e. The summed E-state index contributed by atoms with van der Waals surface area (Å²) >= 11 is 3.54. The monoisotopic (exact) mass is 332 g/mol. The third-order valence-electron chi connectivity index (χ3n) is 2.96. The molecule has 0 spiro atoms. The molecular weight excluding hydrogens is 320 g/mol. The van der Waals surface area contributed by atoms with Crippen LogP contribution in [0.4, 0.5) is 0 Å². The van der Waals surface area contributed by atoms with Gasteiger partial charge >= 0.3 is 0 Å². The molecule has 0 amide bonds. The molecule has 0 fully saturated rings. The number of nitrogens with zero attached hydrogens (tertiary/aromatic N) is 3. The quantitative estimate of drug-likeness (QED) is 0.795. The number of halogens is 1. The summed E-state index contributed by atoms with van der Waals surface area (Å²) < 4.78 is 6.11. The van der Waals surface area contributed by atoms with E-state index in [1.807, 2.05) is 12.1 Å². The zero-order valence-corrected chi connectivity index (χ0v) is 12.5. The van der Waals surface area contributed by atoms with Crippen LogP contribution in [0.25, 0.3) is 10.9 Å². The Balaban J connectivity index is 1.76. The van der Waals surface area contributed by atoms with Crippen molar-refractivity contribution in [3.05, 3.63) is 52.2 Å². The van der Waals surface area contributed by atoms with E-state index in [1.54, 1.807) is 13.1 Å². The summed E-state index contributed by atoms with van der Waals surface area (Å²) in [6, 6.07) is 8.09. The second-order valence-electron chi connectivity index (χ2n) is 4.44. The number of rotatable bonds is 4. The molecule has 102 valence electrons. The van der Waals surface area contributed by atoms with Gasteiger partial charge in [-0.15, -0.1) is 0 Å². The summed E-state index contributed by atoms with van der Waals surface area (Å²) in [4.78, 5) is 8.61. The number of hydrogen-bond acceptors (Lipinski definition) is 5. The molecule has 0 atom stereocenters. The first-order valence-corrected chi connectivity index (χ1v) is 7.05. The van der Waals surface area contributed by atoms with Crippen LogP contribution in [0.15, 0.2) is 39.5 Å². The van der Waals surface area contributed by atoms with Crippen molar-refractivity contribution in [1.82, 2.24) is 20.4 Å². The molecule has 5 nitrogen and oxygen atoms in total. The predicted molar refractivity (Wildman–Crippen MR) is 79.0 cm³/mol. The molecule has 3 rings (SSSR count). The van der Waals surface area contributed by atoms with Gasteiger partial charge in [0.05, 0.1) is 12.1 Å². The normalized spacial score (nSPS) is 11.1. The van der Waals surface area contributed by atoms with Crippen molar-refractivity contribution in [2.45, 2.75) is 20.0 Å². The predicted octanol–water partition coefficient (Wildman–Crippen LogP) is 2.98. The summed E-state index contributed by atoms with van der Waals surface area (Å²) in [6.07, 6.45) is 1.81. The number of aryl methyl sites for hydroxylation is 1. The van der Waals surface area contributed by atoms with Gasteiger partial charge in [-0.3, -0.25) is 4.98 Å². The molecule has 1 N–H and O–H groups in total. The van der Waals surface area contributed by atoms with Crippen molar-refractivity contribution < 1.29 is 4.52 Å². The molecule has 3 aromatic rings. The van der Waals surface area contributed by atoms with E-state index in [4.69, 9.17) is 4.52 Å². The van der Waals surface area contributed by atoms with Crippen molar-refractivity contribution >= 4 is 26.8 Å². The highest BCUT2D eigenvalue weighted by Gasteiger charge is 2.06. The highest BCUT2D eigenvalue weighted by atomic mass is 79.9. The van der Waals surface area contributed by atoms with Gasteiger partial charge in [-0.1, -0.05) is 33.2 Å². The Hall–Kier alpha value is -1.79. The lowest BCUT2D eigenvalue weighted by Crippen LogP contribution is -2.13. The van der Waals surface area contributed by atoms with Gasteiger partial charge in [0.2, 0.25) is 5.89 Å². The second kappa shape index (κ2) is 5.68. The fourth-order valence-corrected chi connectivity index (χ4v) is 2.51. The van der Waals surface area contributed by atoms with E-state index < -0.39 is 0 Å². The molecule has 0 saturated carbocycles. The Kier molecular flexibility index (Phi) is 3.75. The van der Waals surface area contributed by atoms with E-state index in [2.05, 4.69) is 48.5 Å². The number of aromatic nitrogens is 3. The molecule has 0 aliphatic heterocycles. The van der Waals surface area contributed by atoms with Crippen LogP contribution >= 0.6 is 15.9 Å². The lowest BCUT2D eigenvalue weighted by Gasteiger charge is -2.07. The molecule has 1 aromatic carbocycles. The maximum Gasteiger partial charge on any atom is 0.240 e. The molecule has 0 aliphatic rings. The molecule has 0 bridgehead atoms. The van der Waals surface area contributed by atoms with E-state index in [0.29, 0.717) is 24.8 Å². The third kappa shape index (κ3) is 2.71. The lowest BCUT2D eigenvalue weighted by atomic mass is 10.1. The van der Waals surface area contributed by atoms with Gasteiger partial charge in [0.25, 0.3) is 0 Å². The Bertz CT molecular complexity index is 741. The summed E-state index contributed by atoms with van der Waals surface area (Å²) in [5.41, 5.74) is 2.14. The fraction of sp³-hybridized carbons (Fsp3) is 0.214. The lowest BCUT2D eigenvalue weighted by molar-refractivity contribution is 0.364. The molecule has 0 saturated heterocycles. The van der Waals surface area contributed by atoms with Gasteiger partial charge in [0.1, 0.15) is 0 Å². The topological polar surface area (TPSA) is 63.8 Å². The Morgan fingerprint density at radius 1 is 1.25 bits per heavy atom. The van der Waals surface area contributed by atoms with Crippen molar-refractivity contribution in [1.29, 1.82) is 0 Å². The summed E-state index contributed by atoms with van der Waals surface area (Å²) in [7, 11) is 0. The first kappa shape index (κ1) is 13.2. The zero-order chi connectivity index (χ0) is 13.9. The number of hydrogen-bond donors (Lipinski definition) is 1. The Morgan fingerprint density at radius 3 is 2.95 bits per heavy atom. The number of benzene rings is 1. The molecule has 6 heteroatoms. The average molecular weight is 333 g/mol. The number of pyridine rings is 1. The minimum absolute atomic E-state index is 0.547. The van der Waals surface area contributed by atoms with Gasteiger partial charge in [-0.05, 0) is 24.6 Å². The second-order valence-corrected chi connectivity index (χ2v) is 5.30. The van der Waals surface area contributed by atoms with Crippen LogP contribution in [0.2, 0.25) is 0 Å². The van der Waals surface area contributed by atoms with Crippen molar-refractivity contribution in [3.8, 4) is 0 Å². The molecule has 20 heavy (non-hydrogen) atoms. The van der Waals surface area contributed by atoms with Crippen LogP contribution in [-0.4, -0.2) is 15.1 Å². The van der Waals surface area contributed by atoms with Crippen LogP contribution in [-0.2, 0) is 13.1 Å². The van der Waals surface area contributed by atoms with Gasteiger partial charge in [-0.25, -0.2) is 0 Å². The Morgan fingerprint density at radius 2 is 2.15 bits per heavy atom. The van der Waals surface area contributed by atoms with Gasteiger partial charge in [-0.2, -0.15) is 4.98 Å². The minimum atomic E-state index is 0.547. The smallest absolute Gasteiger partial charge is 0.240 e. The van der Waals surface area contributed by atoms with Crippen molar-refractivity contribution in [2.24, 2.45) is 0 Å². The SMILES string of the molecule is Cc1noc(CNCc2ccc(Br)c3cccnc23)n1. The Labute approximate surface area is 124 Å². The molecule has 2 heterocycles. The summed E-state index contributed by atoms with van der Waals surface area (Å²) in [5, 5.41) is 8.16. The average Bonchev–Trinajstić information content (AvgIpc) is 2.87. The van der Waals surface area contributed by atoms with Crippen LogP contribution in [0, 0.1) is 6.92 Å². The molecule has 0 radical (unpaired) electrons. The van der Waals surface area contributed by atoms with E-state index in [-0.39, 0.29) is 0 Å². The van der Waals surface area contributed by atoms with Gasteiger partial charge < -0.3 is 9.84 Å². The maximum atomic E-state index is 5.06. The first-order chi connectivity index (χ1) is 9.74. The molecule has 0 unspecified atom stereocenters. The highest BCUT2D eigenvalue weighted by Crippen LogP contribution is 2.25. The van der Waals surface area contributed by atoms with Gasteiger partial charge in [0, 0.05) is 22.6 Å². The molecule has 2 aromatic heterocycles. The van der Waals surface area contributed by atoms with E-state index in [0.717, 1.165) is 20.9 Å². The van der Waals surface area contributed by atoms with E-state index in [9.17, 15) is 0 Å². The number of fused-ring (bicyclic) bond motifs is 1. The summed E-state index contributed by atoms with van der Waals surface area (Å²) in [6.45, 7) is 3.05. The first-order valence-electron chi connectivity index (χ1n) is 6.26. The van der Waals surface area contributed by atoms with Crippen molar-refractivity contribution in [3.63, 3.8) is 0 Å². The summed E-state index contributed by atoms with van der Waals surface area (Å²) in [5.74, 6) is 1.24. The zero-order valence-electron chi connectivity index (χ0n) is 10.9.